The Kier molecular flexibility index (Phi) is 10.0. The Morgan fingerprint density at radius 2 is 1.93 bits per heavy atom. The molecule has 13 heteroatoms. The Balaban J connectivity index is 0.930. The highest BCUT2D eigenvalue weighted by Gasteiger charge is 2.41. The lowest BCUT2D eigenvalue weighted by molar-refractivity contribution is -0.133. The van der Waals surface area contributed by atoms with E-state index in [1.54, 1.807) is 17.4 Å². The number of morpholine rings is 1. The van der Waals surface area contributed by atoms with Crippen molar-refractivity contribution in [2.45, 2.75) is 38.0 Å². The van der Waals surface area contributed by atoms with Gasteiger partial charge in [-0.05, 0) is 55.7 Å². The molecule has 6 rings (SSSR count). The van der Waals surface area contributed by atoms with Crippen molar-refractivity contribution in [2.24, 2.45) is 0 Å². The summed E-state index contributed by atoms with van der Waals surface area (Å²) in [5.41, 5.74) is 1.76. The number of ether oxygens (including phenoxy) is 3. The van der Waals surface area contributed by atoms with Gasteiger partial charge in [0.25, 0.3) is 12.4 Å². The van der Waals surface area contributed by atoms with E-state index in [0.29, 0.717) is 61.6 Å². The number of thiazole rings is 1. The number of rotatable bonds is 12. The monoisotopic (exact) mass is 666 g/mol. The van der Waals surface area contributed by atoms with Gasteiger partial charge in [-0.3, -0.25) is 19.3 Å². The number of likely N-dealkylation sites (tertiary alicyclic amines) is 1. The first-order chi connectivity index (χ1) is 22.3. The molecule has 2 aliphatic heterocycles. The fraction of sp³-hybridized carbons (Fsp3) is 0.424. The summed E-state index contributed by atoms with van der Waals surface area (Å²) in [7, 11) is 0. The molecule has 2 saturated heterocycles. The van der Waals surface area contributed by atoms with Crippen molar-refractivity contribution in [1.29, 1.82) is 0 Å². The lowest BCUT2D eigenvalue weighted by atomic mass is 9.89. The second-order valence-electron chi connectivity index (χ2n) is 11.7. The van der Waals surface area contributed by atoms with Gasteiger partial charge in [0.2, 0.25) is 0 Å². The molecule has 1 atom stereocenters. The minimum Gasteiger partial charge on any atom is -0.506 e. The maximum atomic E-state index is 13.0. The molecule has 0 radical (unpaired) electrons. The minimum absolute atomic E-state index is 0.0265. The number of hydrogen-bond donors (Lipinski definition) is 3. The van der Waals surface area contributed by atoms with Crippen LogP contribution in [0.5, 0.6) is 11.5 Å². The zero-order valence-electron chi connectivity index (χ0n) is 25.7. The number of amides is 1. The number of aromatic amines is 1. The summed E-state index contributed by atoms with van der Waals surface area (Å²) in [6.07, 6.45) is 1.16. The minimum atomic E-state index is -0.624. The molecule has 0 aliphatic carbocycles. The molecule has 1 spiro atoms. The number of carbonyl (C=O) groups excluding carboxylic acids is 2. The van der Waals surface area contributed by atoms with E-state index in [1.165, 1.54) is 6.07 Å². The molecule has 4 heterocycles. The zero-order valence-corrected chi connectivity index (χ0v) is 27.3. The van der Waals surface area contributed by atoms with Crippen LogP contribution in [0.25, 0.3) is 10.2 Å². The molecule has 244 valence electrons. The van der Waals surface area contributed by atoms with Gasteiger partial charge < -0.3 is 34.5 Å². The van der Waals surface area contributed by atoms with Gasteiger partial charge in [0.1, 0.15) is 29.7 Å². The van der Waals surface area contributed by atoms with Crippen molar-refractivity contribution in [3.63, 3.8) is 0 Å². The van der Waals surface area contributed by atoms with Gasteiger partial charge in [0, 0.05) is 49.7 Å². The maximum Gasteiger partial charge on any atom is 0.305 e. The first kappa shape index (κ1) is 32.2. The molecule has 0 unspecified atom stereocenters. The summed E-state index contributed by atoms with van der Waals surface area (Å²) in [4.78, 5) is 44.7. The predicted octanol–water partition coefficient (Wildman–Crippen LogP) is 4.06. The molecular weight excluding hydrogens is 629 g/mol. The van der Waals surface area contributed by atoms with Gasteiger partial charge >= 0.3 is 4.87 Å². The van der Waals surface area contributed by atoms with E-state index in [2.05, 4.69) is 15.2 Å². The summed E-state index contributed by atoms with van der Waals surface area (Å²) in [6, 6.07) is 14.9. The van der Waals surface area contributed by atoms with Gasteiger partial charge in [0.15, 0.2) is 0 Å². The lowest BCUT2D eigenvalue weighted by Gasteiger charge is -2.47. The summed E-state index contributed by atoms with van der Waals surface area (Å²) in [6.45, 7) is 8.35. The number of carbonyl (C=O) groups is 2. The standard InChI is InChI=1S/C33H38N4O7S2/c1-22-2-9-28(45-22)31(40)37-15-17-44-33(20-37)10-12-36(13-11-33)14-16-42-24-5-3-23(4-6-24)18-34-19-27(43-21-38)25-7-8-26(39)29-30(25)46-32(41)35-29/h2-9,21,27,34,39H,10-20H2,1H3,(H,35,41)/t27-/m0/s1. The molecule has 2 fully saturated rings. The molecule has 2 aliphatic rings. The molecule has 1 amide bonds. The van der Waals surface area contributed by atoms with Crippen molar-refractivity contribution in [2.75, 3.05) is 52.5 Å². The molecule has 2 aromatic heterocycles. The number of fused-ring (bicyclic) bond motifs is 1. The number of nitrogens with zero attached hydrogens (tertiary/aromatic N) is 2. The van der Waals surface area contributed by atoms with Crippen LogP contribution >= 0.6 is 22.7 Å². The Bertz CT molecular complexity index is 1710. The SMILES string of the molecule is Cc1ccc(C(=O)N2CCOC3(CCN(CCOc4ccc(CNC[C@H](OC=O)c5ccc(O)c6[nH]c(=O)sc56)cc4)CC3)C2)s1. The van der Waals surface area contributed by atoms with Gasteiger partial charge in [0.05, 0.1) is 28.3 Å². The molecule has 11 nitrogen and oxygen atoms in total. The number of phenolic OH excluding ortho intramolecular Hbond substituents is 1. The number of thiophene rings is 1. The Hall–Kier alpha value is -3.75. The van der Waals surface area contributed by atoms with Gasteiger partial charge in [-0.1, -0.05) is 29.5 Å². The third-order valence-electron chi connectivity index (χ3n) is 8.67. The molecule has 0 bridgehead atoms. The van der Waals surface area contributed by atoms with Crippen LogP contribution in [0.4, 0.5) is 0 Å². The quantitative estimate of drug-likeness (QED) is 0.192. The number of benzene rings is 2. The van der Waals surface area contributed by atoms with E-state index in [1.807, 2.05) is 48.2 Å². The number of aryl methyl sites for hydroxylation is 1. The van der Waals surface area contributed by atoms with Crippen LogP contribution in [0, 0.1) is 6.92 Å². The van der Waals surface area contributed by atoms with Crippen LogP contribution in [-0.4, -0.2) is 90.4 Å². The van der Waals surface area contributed by atoms with Crippen LogP contribution in [0.2, 0.25) is 0 Å². The van der Waals surface area contributed by atoms with E-state index >= 15 is 0 Å². The average Bonchev–Trinajstić information content (AvgIpc) is 3.68. The number of hydrogen-bond acceptors (Lipinski definition) is 11. The van der Waals surface area contributed by atoms with Crippen molar-refractivity contribution in [3.8, 4) is 11.5 Å². The highest BCUT2D eigenvalue weighted by molar-refractivity contribution is 7.16. The molecule has 3 N–H and O–H groups in total. The van der Waals surface area contributed by atoms with E-state index in [9.17, 15) is 19.5 Å². The first-order valence-electron chi connectivity index (χ1n) is 15.4. The molecule has 2 aromatic carbocycles. The highest BCUT2D eigenvalue weighted by atomic mass is 32.1. The maximum absolute atomic E-state index is 13.0. The molecular formula is C33H38N4O7S2. The van der Waals surface area contributed by atoms with Crippen molar-refractivity contribution < 1.29 is 28.9 Å². The summed E-state index contributed by atoms with van der Waals surface area (Å²) in [5.74, 6) is 0.880. The number of H-pyrrole nitrogens is 1. The van der Waals surface area contributed by atoms with Gasteiger partial charge in [-0.2, -0.15) is 0 Å². The normalized spacial score (nSPS) is 17.3. The smallest absolute Gasteiger partial charge is 0.305 e. The number of aromatic hydroxyl groups is 1. The third kappa shape index (κ3) is 7.45. The van der Waals surface area contributed by atoms with Crippen LogP contribution in [0.15, 0.2) is 53.3 Å². The fourth-order valence-corrected chi connectivity index (χ4v) is 7.89. The second kappa shape index (κ2) is 14.3. The summed E-state index contributed by atoms with van der Waals surface area (Å²) in [5, 5.41) is 13.4. The number of phenols is 1. The average molecular weight is 667 g/mol. The largest absolute Gasteiger partial charge is 0.506 e. The first-order valence-corrected chi connectivity index (χ1v) is 17.0. The van der Waals surface area contributed by atoms with Crippen LogP contribution in [0.3, 0.4) is 0 Å². The highest BCUT2D eigenvalue weighted by Crippen LogP contribution is 2.33. The van der Waals surface area contributed by atoms with Gasteiger partial charge in [-0.15, -0.1) is 11.3 Å². The van der Waals surface area contributed by atoms with Crippen LogP contribution in [0.1, 0.15) is 44.6 Å². The van der Waals surface area contributed by atoms with E-state index in [0.717, 1.165) is 64.9 Å². The Morgan fingerprint density at radius 3 is 2.67 bits per heavy atom. The number of nitrogens with one attached hydrogen (secondary N) is 2. The van der Waals surface area contributed by atoms with E-state index in [-0.39, 0.29) is 22.1 Å². The topological polar surface area (TPSA) is 133 Å². The molecule has 0 saturated carbocycles. The number of piperidine rings is 1. The van der Waals surface area contributed by atoms with Crippen molar-refractivity contribution in [3.05, 3.63) is 79.1 Å². The Morgan fingerprint density at radius 1 is 1.13 bits per heavy atom. The molecule has 4 aromatic rings. The second-order valence-corrected chi connectivity index (χ2v) is 14.0. The van der Waals surface area contributed by atoms with E-state index in [4.69, 9.17) is 14.2 Å². The summed E-state index contributed by atoms with van der Waals surface area (Å²) < 4.78 is 18.2. The molecule has 46 heavy (non-hydrogen) atoms. The van der Waals surface area contributed by atoms with Gasteiger partial charge in [-0.25, -0.2) is 0 Å². The zero-order chi connectivity index (χ0) is 32.1. The summed E-state index contributed by atoms with van der Waals surface area (Å²) >= 11 is 2.52. The Labute approximate surface area is 274 Å². The third-order valence-corrected chi connectivity index (χ3v) is 10.6. The predicted molar refractivity (Wildman–Crippen MR) is 177 cm³/mol. The van der Waals surface area contributed by atoms with Crippen LogP contribution < -0.4 is 14.9 Å². The lowest BCUT2D eigenvalue weighted by Crippen LogP contribution is -2.58. The van der Waals surface area contributed by atoms with E-state index < -0.39 is 6.10 Å². The fourth-order valence-electron chi connectivity index (χ4n) is 6.15. The van der Waals surface area contributed by atoms with Crippen LogP contribution in [-0.2, 0) is 20.8 Å². The number of aromatic nitrogens is 1. The van der Waals surface area contributed by atoms with Crippen molar-refractivity contribution >= 4 is 45.3 Å². The van der Waals surface area contributed by atoms with Crippen molar-refractivity contribution in [1.82, 2.24) is 20.1 Å².